The third-order valence-electron chi connectivity index (χ3n) is 5.44. The highest BCUT2D eigenvalue weighted by atomic mass is 32.1. The van der Waals surface area contributed by atoms with Gasteiger partial charge in [-0.25, -0.2) is 9.97 Å². The summed E-state index contributed by atoms with van der Waals surface area (Å²) in [6.45, 7) is 6.96. The van der Waals surface area contributed by atoms with Gasteiger partial charge in [0.25, 0.3) is 0 Å². The molecule has 0 radical (unpaired) electrons. The van der Waals surface area contributed by atoms with Crippen LogP contribution in [0.25, 0.3) is 21.3 Å². The van der Waals surface area contributed by atoms with Gasteiger partial charge in [0.15, 0.2) is 0 Å². The van der Waals surface area contributed by atoms with E-state index in [-0.39, 0.29) is 0 Å². The Hall–Kier alpha value is -2.83. The molecule has 1 aliphatic rings. The van der Waals surface area contributed by atoms with Crippen molar-refractivity contribution in [2.24, 2.45) is 0 Å². The molecule has 0 aliphatic carbocycles. The predicted molar refractivity (Wildman–Crippen MR) is 119 cm³/mol. The zero-order valence-electron chi connectivity index (χ0n) is 16.5. The Morgan fingerprint density at radius 1 is 0.931 bits per heavy atom. The summed E-state index contributed by atoms with van der Waals surface area (Å²) >= 11 is 1.71. The van der Waals surface area contributed by atoms with Crippen LogP contribution < -0.4 is 4.90 Å². The summed E-state index contributed by atoms with van der Waals surface area (Å²) < 4.78 is 0. The summed E-state index contributed by atoms with van der Waals surface area (Å²) in [6, 6.07) is 14.8. The number of benzene rings is 1. The molecule has 6 heteroatoms. The number of hydrogen-bond donors (Lipinski definition) is 0. The smallest absolute Gasteiger partial charge is 0.141 e. The average Bonchev–Trinajstić information content (AvgIpc) is 3.19. The first-order valence-corrected chi connectivity index (χ1v) is 10.8. The van der Waals surface area contributed by atoms with Gasteiger partial charge in [0.1, 0.15) is 16.5 Å². The maximum atomic E-state index is 4.89. The maximum Gasteiger partial charge on any atom is 0.141 e. The van der Waals surface area contributed by atoms with Crippen molar-refractivity contribution in [3.05, 3.63) is 71.6 Å². The number of rotatable bonds is 4. The van der Waals surface area contributed by atoms with Crippen molar-refractivity contribution < 1.29 is 0 Å². The van der Waals surface area contributed by atoms with Gasteiger partial charge in [-0.2, -0.15) is 0 Å². The van der Waals surface area contributed by atoms with Crippen LogP contribution in [-0.4, -0.2) is 46.0 Å². The number of hydrogen-bond acceptors (Lipinski definition) is 6. The summed E-state index contributed by atoms with van der Waals surface area (Å²) in [6.07, 6.45) is 3.74. The van der Waals surface area contributed by atoms with Crippen molar-refractivity contribution in [2.45, 2.75) is 13.5 Å². The minimum atomic E-state index is 0.841. The molecule has 1 aliphatic heterocycles. The van der Waals surface area contributed by atoms with Crippen molar-refractivity contribution in [1.29, 1.82) is 0 Å². The molecule has 5 rings (SSSR count). The molecule has 3 aromatic heterocycles. The summed E-state index contributed by atoms with van der Waals surface area (Å²) in [5.74, 6) is 1.92. The number of aryl methyl sites for hydroxylation is 1. The minimum absolute atomic E-state index is 0.841. The topological polar surface area (TPSA) is 45.2 Å². The van der Waals surface area contributed by atoms with E-state index in [9.17, 15) is 0 Å². The number of thiophene rings is 1. The molecular formula is C23H23N5S. The van der Waals surface area contributed by atoms with Crippen LogP contribution in [0.2, 0.25) is 0 Å². The summed E-state index contributed by atoms with van der Waals surface area (Å²) in [5.41, 5.74) is 3.78. The van der Waals surface area contributed by atoms with Crippen LogP contribution >= 0.6 is 11.3 Å². The zero-order chi connectivity index (χ0) is 19.6. The third-order valence-corrected chi connectivity index (χ3v) is 6.31. The second kappa shape index (κ2) is 7.89. The summed E-state index contributed by atoms with van der Waals surface area (Å²) in [5, 5.41) is 3.41. The second-order valence-electron chi connectivity index (χ2n) is 7.41. The first-order valence-electron chi connectivity index (χ1n) is 9.95. The van der Waals surface area contributed by atoms with Gasteiger partial charge in [0.05, 0.1) is 5.39 Å². The SMILES string of the molecule is Cc1nc(N2CCN(Cc3ccncc3)CC2)c2c(-c3ccccc3)csc2n1. The van der Waals surface area contributed by atoms with Crippen LogP contribution in [0.1, 0.15) is 11.4 Å². The van der Waals surface area contributed by atoms with Crippen molar-refractivity contribution in [2.75, 3.05) is 31.1 Å². The first kappa shape index (κ1) is 18.2. The van der Waals surface area contributed by atoms with Gasteiger partial charge in [0, 0.05) is 56.1 Å². The fourth-order valence-electron chi connectivity index (χ4n) is 3.95. The first-order chi connectivity index (χ1) is 14.3. The molecule has 0 unspecified atom stereocenters. The van der Waals surface area contributed by atoms with Crippen LogP contribution in [0, 0.1) is 6.92 Å². The number of nitrogens with zero attached hydrogens (tertiary/aromatic N) is 5. The van der Waals surface area contributed by atoms with E-state index in [0.717, 1.165) is 49.2 Å². The van der Waals surface area contributed by atoms with E-state index in [1.54, 1.807) is 11.3 Å². The van der Waals surface area contributed by atoms with Crippen molar-refractivity contribution >= 4 is 27.4 Å². The van der Waals surface area contributed by atoms with E-state index < -0.39 is 0 Å². The van der Waals surface area contributed by atoms with E-state index in [4.69, 9.17) is 9.97 Å². The van der Waals surface area contributed by atoms with Crippen LogP contribution in [-0.2, 0) is 6.54 Å². The molecular weight excluding hydrogens is 378 g/mol. The van der Waals surface area contributed by atoms with Crippen LogP contribution in [0.5, 0.6) is 0 Å². The maximum absolute atomic E-state index is 4.89. The zero-order valence-corrected chi connectivity index (χ0v) is 17.3. The highest BCUT2D eigenvalue weighted by molar-refractivity contribution is 7.17. The molecule has 0 spiro atoms. The van der Waals surface area contributed by atoms with Crippen molar-refractivity contribution in [3.63, 3.8) is 0 Å². The Morgan fingerprint density at radius 3 is 2.45 bits per heavy atom. The van der Waals surface area contributed by atoms with Gasteiger partial charge >= 0.3 is 0 Å². The Labute approximate surface area is 174 Å². The standard InChI is InChI=1S/C23H23N5S/c1-17-25-22(21-20(16-29-23(21)26-17)19-5-3-2-4-6-19)28-13-11-27(12-14-28)15-18-7-9-24-10-8-18/h2-10,16H,11-15H2,1H3. The number of anilines is 1. The Bertz CT molecular complexity index is 1100. The molecule has 0 amide bonds. The molecule has 146 valence electrons. The predicted octanol–water partition coefficient (Wildman–Crippen LogP) is 4.38. The molecule has 0 N–H and O–H groups in total. The normalized spacial score (nSPS) is 15.1. The second-order valence-corrected chi connectivity index (χ2v) is 8.27. The molecule has 5 nitrogen and oxygen atoms in total. The molecule has 1 aromatic carbocycles. The molecule has 0 atom stereocenters. The quantitative estimate of drug-likeness (QED) is 0.508. The van der Waals surface area contributed by atoms with E-state index in [0.29, 0.717) is 0 Å². The lowest BCUT2D eigenvalue weighted by atomic mass is 10.1. The largest absolute Gasteiger partial charge is 0.353 e. The highest BCUT2D eigenvalue weighted by Crippen LogP contribution is 2.38. The van der Waals surface area contributed by atoms with Gasteiger partial charge in [-0.05, 0) is 30.2 Å². The number of piperazine rings is 1. The number of aromatic nitrogens is 3. The van der Waals surface area contributed by atoms with Gasteiger partial charge in [-0.3, -0.25) is 9.88 Å². The molecule has 4 heterocycles. The Balaban J connectivity index is 1.42. The van der Waals surface area contributed by atoms with Crippen LogP contribution in [0.3, 0.4) is 0 Å². The van der Waals surface area contributed by atoms with Crippen LogP contribution in [0.4, 0.5) is 5.82 Å². The van der Waals surface area contributed by atoms with E-state index in [1.807, 2.05) is 19.3 Å². The van der Waals surface area contributed by atoms with Crippen molar-refractivity contribution in [3.8, 4) is 11.1 Å². The van der Waals surface area contributed by atoms with E-state index in [1.165, 1.54) is 22.1 Å². The van der Waals surface area contributed by atoms with Gasteiger partial charge in [-0.1, -0.05) is 30.3 Å². The van der Waals surface area contributed by atoms with Gasteiger partial charge < -0.3 is 4.90 Å². The summed E-state index contributed by atoms with van der Waals surface area (Å²) in [7, 11) is 0. The Morgan fingerprint density at radius 2 is 1.69 bits per heavy atom. The fraction of sp³-hybridized carbons (Fsp3) is 0.261. The van der Waals surface area contributed by atoms with Crippen molar-refractivity contribution in [1.82, 2.24) is 19.9 Å². The lowest BCUT2D eigenvalue weighted by Crippen LogP contribution is -2.46. The summed E-state index contributed by atoms with van der Waals surface area (Å²) in [4.78, 5) is 19.7. The van der Waals surface area contributed by atoms with Gasteiger partial charge in [0.2, 0.25) is 0 Å². The monoisotopic (exact) mass is 401 g/mol. The third kappa shape index (κ3) is 3.73. The molecule has 1 fully saturated rings. The highest BCUT2D eigenvalue weighted by Gasteiger charge is 2.23. The van der Waals surface area contributed by atoms with E-state index in [2.05, 4.69) is 62.6 Å². The lowest BCUT2D eigenvalue weighted by molar-refractivity contribution is 0.249. The minimum Gasteiger partial charge on any atom is -0.353 e. The van der Waals surface area contributed by atoms with Crippen LogP contribution in [0.15, 0.2) is 60.2 Å². The van der Waals surface area contributed by atoms with Gasteiger partial charge in [-0.15, -0.1) is 11.3 Å². The number of fused-ring (bicyclic) bond motifs is 1. The molecule has 4 aromatic rings. The van der Waals surface area contributed by atoms with E-state index >= 15 is 0 Å². The number of pyridine rings is 1. The fourth-order valence-corrected chi connectivity index (χ4v) is 4.94. The molecule has 1 saturated heterocycles. The molecule has 0 saturated carbocycles. The lowest BCUT2D eigenvalue weighted by Gasteiger charge is -2.35. The molecule has 29 heavy (non-hydrogen) atoms. The Kier molecular flexibility index (Phi) is 4.96. The molecule has 0 bridgehead atoms. The average molecular weight is 402 g/mol.